The first-order chi connectivity index (χ1) is 36.5. The number of cyclic esters (lactones) is 1. The number of halogens is 1. The Labute approximate surface area is 445 Å². The highest BCUT2D eigenvalue weighted by molar-refractivity contribution is 14.1. The predicted molar refractivity (Wildman–Crippen MR) is 282 cm³/mol. The fourth-order valence-electron chi connectivity index (χ4n) is 12.1. The first kappa shape index (κ1) is 49.4. The first-order valence-electron chi connectivity index (χ1n) is 24.8. The zero-order chi connectivity index (χ0) is 52.0. The Balaban J connectivity index is 0.891. The molecule has 4 saturated heterocycles. The summed E-state index contributed by atoms with van der Waals surface area (Å²) in [4.78, 5) is 90.4. The molecule has 10 atom stereocenters. The number of amides is 3. The SMILES string of the molecule is C=CCOC(=O)[C@H]1[C@@H]2C(=O)O[C@@H](c3ccccc3)[C@@H](c3ccccc3)N2[C@@H](c2ccc(OCCOC(=O)[C@H]3C[C@H]4C(=O)N[C@@H](Cc5ccccc5)C(=O)N4[C@H]3c3ccc(O)cc3)cc2)[C@]12C(=O)Nc1ccc(I)cc12. The summed E-state index contributed by atoms with van der Waals surface area (Å²) < 4.78 is 25.1. The number of rotatable bonds is 14. The van der Waals surface area contributed by atoms with E-state index >= 15 is 4.79 Å². The number of benzene rings is 6. The molecule has 0 aliphatic carbocycles. The molecule has 15 nitrogen and oxygen atoms in total. The van der Waals surface area contributed by atoms with Gasteiger partial charge >= 0.3 is 17.9 Å². The minimum absolute atomic E-state index is 0.00999. The van der Waals surface area contributed by atoms with E-state index in [9.17, 15) is 29.1 Å². The van der Waals surface area contributed by atoms with Crippen molar-refractivity contribution in [2.45, 2.75) is 60.6 Å². The summed E-state index contributed by atoms with van der Waals surface area (Å²) in [7, 11) is 0. The molecule has 11 rings (SSSR count). The third kappa shape index (κ3) is 8.78. The van der Waals surface area contributed by atoms with Crippen LogP contribution in [0, 0.1) is 15.4 Å². The second-order valence-electron chi connectivity index (χ2n) is 19.3. The van der Waals surface area contributed by atoms with Gasteiger partial charge in [0.15, 0.2) is 0 Å². The van der Waals surface area contributed by atoms with Crippen molar-refractivity contribution in [1.29, 1.82) is 0 Å². The van der Waals surface area contributed by atoms with Crippen LogP contribution < -0.4 is 15.4 Å². The maximum atomic E-state index is 15.2. The second kappa shape index (κ2) is 20.5. The smallest absolute Gasteiger partial charge is 0.325 e. The van der Waals surface area contributed by atoms with Crippen molar-refractivity contribution >= 4 is 63.9 Å². The van der Waals surface area contributed by atoms with Gasteiger partial charge in [0.2, 0.25) is 17.7 Å². The molecule has 75 heavy (non-hydrogen) atoms. The molecular formula is C59H51IN4O11. The van der Waals surface area contributed by atoms with Gasteiger partial charge in [-0.15, -0.1) is 0 Å². The number of nitrogens with one attached hydrogen (secondary N) is 2. The van der Waals surface area contributed by atoms with E-state index in [1.54, 1.807) is 30.3 Å². The summed E-state index contributed by atoms with van der Waals surface area (Å²) in [5.41, 5.74) is 2.91. The Morgan fingerprint density at radius 3 is 2.09 bits per heavy atom. The van der Waals surface area contributed by atoms with Gasteiger partial charge in [-0.1, -0.05) is 128 Å². The van der Waals surface area contributed by atoms with Crippen molar-refractivity contribution in [3.8, 4) is 11.5 Å². The lowest BCUT2D eigenvalue weighted by atomic mass is 9.65. The molecule has 0 aromatic heterocycles. The molecule has 5 aliphatic rings. The van der Waals surface area contributed by atoms with Crippen LogP contribution in [0.1, 0.15) is 64.0 Å². The molecule has 0 bridgehead atoms. The standard InChI is InChI=1S/C59H51IN4O11/c1-2-28-73-56(69)47-50-57(70)75-51(37-16-10-5-11-17-37)49(35-14-8-4-9-15-35)64(50)52(59(47)43-32-39(60)22-27-44(43)62-58(59)71)38-20-25-41(26-21-38)72-29-30-74-55(68)42-33-46-53(66)61-45(31-34-12-6-3-7-13-34)54(67)63(46)48(42)36-18-23-40(65)24-19-36/h2-27,32,42,45-52,65H,1,28-31,33H2,(H,61,66)(H,62,71)/t42-,45-,46-,47+,48-,49+,50+,51-,52-,59+/m0/s1. The van der Waals surface area contributed by atoms with Gasteiger partial charge in [-0.25, -0.2) is 0 Å². The van der Waals surface area contributed by atoms with E-state index in [1.165, 1.54) is 23.1 Å². The van der Waals surface area contributed by atoms with Gasteiger partial charge in [0.25, 0.3) is 0 Å². The number of hydrogen-bond acceptors (Lipinski definition) is 12. The average molecular weight is 1120 g/mol. The van der Waals surface area contributed by atoms with Gasteiger partial charge < -0.3 is 39.6 Å². The molecule has 16 heteroatoms. The molecular weight excluding hydrogens is 1070 g/mol. The number of nitrogens with zero attached hydrogens (tertiary/aromatic N) is 2. The normalized spacial score (nSPS) is 26.6. The first-order valence-corrected chi connectivity index (χ1v) is 25.9. The number of piperazine rings is 1. The Hall–Kier alpha value is -7.83. The Kier molecular flexibility index (Phi) is 13.5. The Morgan fingerprint density at radius 2 is 1.40 bits per heavy atom. The number of carbonyl (C=O) groups excluding carboxylic acids is 6. The summed E-state index contributed by atoms with van der Waals surface area (Å²) in [5, 5.41) is 16.1. The van der Waals surface area contributed by atoms with E-state index in [-0.39, 0.29) is 50.2 Å². The van der Waals surface area contributed by atoms with Gasteiger partial charge in [-0.05, 0) is 105 Å². The van der Waals surface area contributed by atoms with E-state index in [0.717, 1.165) is 20.3 Å². The topological polar surface area (TPSA) is 190 Å². The monoisotopic (exact) mass is 1120 g/mol. The number of fused-ring (bicyclic) bond motifs is 4. The van der Waals surface area contributed by atoms with Crippen molar-refractivity contribution in [1.82, 2.24) is 15.1 Å². The minimum Gasteiger partial charge on any atom is -0.508 e. The van der Waals surface area contributed by atoms with Crippen LogP contribution >= 0.6 is 22.6 Å². The summed E-state index contributed by atoms with van der Waals surface area (Å²) >= 11 is 2.18. The van der Waals surface area contributed by atoms with Crippen LogP contribution in [0.25, 0.3) is 0 Å². The van der Waals surface area contributed by atoms with Crippen LogP contribution in [0.4, 0.5) is 5.69 Å². The van der Waals surface area contributed by atoms with Gasteiger partial charge in [-0.3, -0.25) is 33.7 Å². The van der Waals surface area contributed by atoms with Gasteiger partial charge in [0, 0.05) is 15.7 Å². The number of phenolic OH excluding ortho intramolecular Hbond substituents is 1. The second-order valence-corrected chi connectivity index (χ2v) is 20.5. The van der Waals surface area contributed by atoms with E-state index in [4.69, 9.17) is 18.9 Å². The zero-order valence-corrected chi connectivity index (χ0v) is 42.5. The lowest BCUT2D eigenvalue weighted by Crippen LogP contribution is -2.62. The van der Waals surface area contributed by atoms with Crippen molar-refractivity contribution < 1.29 is 52.8 Å². The van der Waals surface area contributed by atoms with E-state index < -0.39 is 83.4 Å². The van der Waals surface area contributed by atoms with Crippen LogP contribution in [0.15, 0.2) is 170 Å². The fourth-order valence-corrected chi connectivity index (χ4v) is 12.6. The molecule has 5 aliphatic heterocycles. The highest BCUT2D eigenvalue weighted by Crippen LogP contribution is 2.65. The third-order valence-electron chi connectivity index (χ3n) is 15.1. The average Bonchev–Trinajstić information content (AvgIpc) is 4.16. The van der Waals surface area contributed by atoms with E-state index in [0.29, 0.717) is 28.1 Å². The number of hydrogen-bond donors (Lipinski definition) is 3. The number of anilines is 1. The van der Waals surface area contributed by atoms with Crippen LogP contribution in [0.5, 0.6) is 11.5 Å². The minimum atomic E-state index is -1.71. The predicted octanol–water partition coefficient (Wildman–Crippen LogP) is 7.62. The van der Waals surface area contributed by atoms with Crippen LogP contribution in [-0.4, -0.2) is 88.5 Å². The molecule has 6 aromatic rings. The molecule has 0 radical (unpaired) electrons. The van der Waals surface area contributed by atoms with E-state index in [2.05, 4.69) is 39.8 Å². The Bertz CT molecular complexity index is 3180. The number of esters is 3. The van der Waals surface area contributed by atoms with Crippen LogP contribution in [0.3, 0.4) is 0 Å². The summed E-state index contributed by atoms with van der Waals surface area (Å²) in [6, 6.07) is 41.7. The van der Waals surface area contributed by atoms with Crippen molar-refractivity contribution in [3.05, 3.63) is 207 Å². The highest BCUT2D eigenvalue weighted by atomic mass is 127. The third-order valence-corrected chi connectivity index (χ3v) is 15.8. The van der Waals surface area contributed by atoms with Crippen molar-refractivity contribution in [2.75, 3.05) is 25.1 Å². The molecule has 1 spiro atoms. The maximum Gasteiger partial charge on any atom is 0.325 e. The molecule has 380 valence electrons. The lowest BCUT2D eigenvalue weighted by molar-refractivity contribution is -0.180. The highest BCUT2D eigenvalue weighted by Gasteiger charge is 2.74. The molecule has 3 amide bonds. The largest absolute Gasteiger partial charge is 0.508 e. The molecule has 4 fully saturated rings. The number of phenols is 1. The number of morpholine rings is 1. The molecule has 0 saturated carbocycles. The number of carbonyl (C=O) groups is 6. The van der Waals surface area contributed by atoms with Crippen LogP contribution in [0.2, 0.25) is 0 Å². The summed E-state index contributed by atoms with van der Waals surface area (Å²) in [6.45, 7) is 3.35. The quantitative estimate of drug-likeness (QED) is 0.0319. The Morgan fingerprint density at radius 1 is 0.747 bits per heavy atom. The summed E-state index contributed by atoms with van der Waals surface area (Å²) in [5.74, 6) is -5.06. The van der Waals surface area contributed by atoms with Gasteiger partial charge in [-0.2, -0.15) is 0 Å². The molecule has 3 N–H and O–H groups in total. The maximum absolute atomic E-state index is 15.2. The fraction of sp³-hybridized carbons (Fsp3) is 0.254. The van der Waals surface area contributed by atoms with Gasteiger partial charge in [0.05, 0.1) is 24.0 Å². The van der Waals surface area contributed by atoms with Crippen molar-refractivity contribution in [3.63, 3.8) is 0 Å². The summed E-state index contributed by atoms with van der Waals surface area (Å²) in [6.07, 6.45) is 0.901. The van der Waals surface area contributed by atoms with Crippen molar-refractivity contribution in [2.24, 2.45) is 11.8 Å². The zero-order valence-electron chi connectivity index (χ0n) is 40.3. The number of ether oxygens (including phenoxy) is 4. The van der Waals surface area contributed by atoms with E-state index in [1.807, 2.05) is 120 Å². The molecule has 0 unspecified atom stereocenters. The lowest BCUT2D eigenvalue weighted by Gasteiger charge is -2.46. The van der Waals surface area contributed by atoms with Crippen LogP contribution in [-0.2, 0) is 54.8 Å². The molecule has 6 aromatic carbocycles. The molecule has 5 heterocycles. The number of aromatic hydroxyl groups is 1. The van der Waals surface area contributed by atoms with Gasteiger partial charge in [0.1, 0.15) is 66.9 Å².